The fraction of sp³-hybridized carbons (Fsp3) is 0.379. The number of likely N-dealkylation sites (N-methyl/N-ethyl adjacent to an activating group) is 1. The fourth-order valence-corrected chi connectivity index (χ4v) is 5.56. The van der Waals surface area contributed by atoms with E-state index in [1.807, 2.05) is 18.7 Å². The van der Waals surface area contributed by atoms with Crippen molar-refractivity contribution in [3.05, 3.63) is 70.1 Å². The number of halogens is 2. The zero-order valence-corrected chi connectivity index (χ0v) is 23.6. The summed E-state index contributed by atoms with van der Waals surface area (Å²) in [6, 6.07) is 11.0. The van der Waals surface area contributed by atoms with E-state index in [-0.39, 0.29) is 40.0 Å². The van der Waals surface area contributed by atoms with Crippen molar-refractivity contribution in [1.82, 2.24) is 19.3 Å². The van der Waals surface area contributed by atoms with Crippen molar-refractivity contribution >= 4 is 40.1 Å². The largest absolute Gasteiger partial charge is 0.350 e. The Morgan fingerprint density at radius 1 is 1.08 bits per heavy atom. The predicted molar refractivity (Wildman–Crippen MR) is 147 cm³/mol. The van der Waals surface area contributed by atoms with Crippen LogP contribution in [0.5, 0.6) is 0 Å². The number of Topliss-reactive ketones (excluding diaryl/α,β-unsaturated/α-hetero) is 1. The van der Waals surface area contributed by atoms with Gasteiger partial charge in [0.05, 0.1) is 27.7 Å². The van der Waals surface area contributed by atoms with E-state index in [2.05, 4.69) is 6.07 Å². The van der Waals surface area contributed by atoms with Gasteiger partial charge in [0.25, 0.3) is 17.6 Å². The molecule has 2 amide bonds. The van der Waals surface area contributed by atoms with E-state index < -0.39 is 17.2 Å². The summed E-state index contributed by atoms with van der Waals surface area (Å²) in [7, 11) is 4.76. The van der Waals surface area contributed by atoms with Crippen LogP contribution >= 0.6 is 11.6 Å². The van der Waals surface area contributed by atoms with Crippen LogP contribution in [-0.4, -0.2) is 76.1 Å². The van der Waals surface area contributed by atoms with Crippen LogP contribution in [-0.2, 0) is 17.4 Å². The lowest BCUT2D eigenvalue weighted by atomic mass is 9.88. The van der Waals surface area contributed by atoms with Gasteiger partial charge in [-0.2, -0.15) is 5.26 Å². The highest BCUT2D eigenvalue weighted by atomic mass is 35.5. The molecular weight excluding hydrogens is 521 g/mol. The van der Waals surface area contributed by atoms with Crippen LogP contribution in [0.3, 0.4) is 0 Å². The summed E-state index contributed by atoms with van der Waals surface area (Å²) in [6.07, 6.45) is 1.57. The number of carbonyl (C=O) groups excluding carboxylic acids is 3. The number of hydrogen-bond donors (Lipinski definition) is 0. The maximum absolute atomic E-state index is 13.8. The average Bonchev–Trinajstić information content (AvgIpc) is 3.22. The molecule has 1 aliphatic heterocycles. The molecule has 2 aromatic carbocycles. The molecule has 0 bridgehead atoms. The molecule has 1 aromatic heterocycles. The Morgan fingerprint density at radius 3 is 2.31 bits per heavy atom. The molecule has 1 aliphatic rings. The minimum Gasteiger partial charge on any atom is -0.350 e. The van der Waals surface area contributed by atoms with E-state index in [4.69, 9.17) is 11.6 Å². The second kappa shape index (κ2) is 10.4. The number of carbonyl (C=O) groups is 3. The lowest BCUT2D eigenvalue weighted by Crippen LogP contribution is -2.62. The number of benzene rings is 2. The van der Waals surface area contributed by atoms with Gasteiger partial charge in [0.1, 0.15) is 11.4 Å². The third-order valence-electron chi connectivity index (χ3n) is 7.60. The Morgan fingerprint density at radius 2 is 1.72 bits per heavy atom. The molecule has 1 fully saturated rings. The van der Waals surface area contributed by atoms with E-state index in [0.29, 0.717) is 29.6 Å². The standard InChI is InChI=1S/C29H31ClFN5O3/c1-17-14-36(29(3,16-32)19-7-9-20(31)10-8-19)18(2)13-35(17)27(38)22-11-21-23(26(37)28(39)33(4)5)15-34(6)25(21)12-24(22)30/h7-12,15,17-18H,13-14H2,1-6H3/t17-,18+,29?/m1/s1. The van der Waals surface area contributed by atoms with E-state index >= 15 is 0 Å². The number of hydrogen-bond acceptors (Lipinski definition) is 5. The van der Waals surface area contributed by atoms with Gasteiger partial charge in [0.15, 0.2) is 0 Å². The van der Waals surface area contributed by atoms with Crippen molar-refractivity contribution in [3.8, 4) is 6.07 Å². The van der Waals surface area contributed by atoms with Crippen LogP contribution < -0.4 is 0 Å². The number of nitrogens with zero attached hydrogens (tertiary/aromatic N) is 5. The number of aromatic nitrogens is 1. The Bertz CT molecular complexity index is 1510. The highest BCUT2D eigenvalue weighted by Gasteiger charge is 2.43. The first-order valence-corrected chi connectivity index (χ1v) is 13.0. The van der Waals surface area contributed by atoms with Crippen LogP contribution in [0.2, 0.25) is 5.02 Å². The summed E-state index contributed by atoms with van der Waals surface area (Å²) in [4.78, 5) is 44.1. The van der Waals surface area contributed by atoms with Crippen molar-refractivity contribution in [1.29, 1.82) is 5.26 Å². The topological polar surface area (TPSA) is 89.6 Å². The molecule has 1 saturated heterocycles. The number of aryl methyl sites for hydroxylation is 1. The number of rotatable bonds is 5. The second-order valence-electron chi connectivity index (χ2n) is 10.5. The Labute approximate surface area is 232 Å². The van der Waals surface area contributed by atoms with Crippen LogP contribution in [0.25, 0.3) is 10.9 Å². The number of amides is 2. The summed E-state index contributed by atoms with van der Waals surface area (Å²) >= 11 is 6.59. The summed E-state index contributed by atoms with van der Waals surface area (Å²) in [6.45, 7) is 6.37. The van der Waals surface area contributed by atoms with Gasteiger partial charge in [0, 0.05) is 57.9 Å². The van der Waals surface area contributed by atoms with Crippen LogP contribution in [0.1, 0.15) is 47.1 Å². The summed E-state index contributed by atoms with van der Waals surface area (Å²) in [5, 5.41) is 10.9. The Balaban J connectivity index is 1.67. The predicted octanol–water partition coefficient (Wildman–Crippen LogP) is 4.22. The van der Waals surface area contributed by atoms with E-state index in [0.717, 1.165) is 0 Å². The molecule has 1 unspecified atom stereocenters. The number of fused-ring (bicyclic) bond motifs is 1. The van der Waals surface area contributed by atoms with Gasteiger partial charge in [-0.1, -0.05) is 23.7 Å². The molecule has 0 radical (unpaired) electrons. The first kappa shape index (κ1) is 28.3. The maximum atomic E-state index is 13.8. The van der Waals surface area contributed by atoms with Gasteiger partial charge in [-0.05, 0) is 50.6 Å². The molecule has 4 rings (SSSR count). The van der Waals surface area contributed by atoms with Crippen molar-refractivity contribution in [3.63, 3.8) is 0 Å². The van der Waals surface area contributed by atoms with Crippen molar-refractivity contribution in [2.75, 3.05) is 27.2 Å². The molecule has 39 heavy (non-hydrogen) atoms. The molecule has 0 saturated carbocycles. The zero-order chi connectivity index (χ0) is 28.8. The molecule has 8 nitrogen and oxygen atoms in total. The lowest BCUT2D eigenvalue weighted by molar-refractivity contribution is -0.124. The van der Waals surface area contributed by atoms with Crippen LogP contribution in [0, 0.1) is 17.1 Å². The highest BCUT2D eigenvalue weighted by Crippen LogP contribution is 2.35. The smallest absolute Gasteiger partial charge is 0.294 e. The fourth-order valence-electron chi connectivity index (χ4n) is 5.32. The average molecular weight is 552 g/mol. The minimum atomic E-state index is -1.02. The van der Waals surface area contributed by atoms with Gasteiger partial charge in [-0.3, -0.25) is 19.3 Å². The molecule has 10 heteroatoms. The molecule has 204 valence electrons. The van der Waals surface area contributed by atoms with Gasteiger partial charge < -0.3 is 14.4 Å². The van der Waals surface area contributed by atoms with Crippen LogP contribution in [0.4, 0.5) is 4.39 Å². The third-order valence-corrected chi connectivity index (χ3v) is 7.91. The molecular formula is C29H31ClFN5O3. The van der Waals surface area contributed by atoms with E-state index in [1.165, 1.54) is 31.1 Å². The Kier molecular flexibility index (Phi) is 7.57. The number of piperazine rings is 1. The summed E-state index contributed by atoms with van der Waals surface area (Å²) < 4.78 is 15.2. The molecule has 0 N–H and O–H groups in total. The number of nitriles is 1. The van der Waals surface area contributed by atoms with Gasteiger partial charge in [-0.15, -0.1) is 0 Å². The molecule has 0 aliphatic carbocycles. The van der Waals surface area contributed by atoms with Gasteiger partial charge in [0.2, 0.25) is 0 Å². The van der Waals surface area contributed by atoms with Crippen molar-refractivity contribution in [2.45, 2.75) is 38.4 Å². The van der Waals surface area contributed by atoms with Crippen molar-refractivity contribution < 1.29 is 18.8 Å². The normalized spacial score (nSPS) is 19.4. The first-order chi connectivity index (χ1) is 18.3. The molecule has 3 atom stereocenters. The monoisotopic (exact) mass is 551 g/mol. The van der Waals surface area contributed by atoms with E-state index in [9.17, 15) is 24.0 Å². The Hall–Kier alpha value is -3.74. The SMILES string of the molecule is C[C@@H]1CN(C(C)(C#N)c2ccc(F)cc2)[C@@H](C)CN1C(=O)c1cc2c(C(=O)C(=O)N(C)C)cn(C)c2cc1Cl. The maximum Gasteiger partial charge on any atom is 0.294 e. The molecule has 2 heterocycles. The molecule has 0 spiro atoms. The van der Waals surface area contributed by atoms with Gasteiger partial charge >= 0.3 is 0 Å². The quantitative estimate of drug-likeness (QED) is 0.350. The van der Waals surface area contributed by atoms with Crippen LogP contribution in [0.15, 0.2) is 42.6 Å². The third kappa shape index (κ3) is 4.90. The number of ketones is 1. The first-order valence-electron chi connectivity index (χ1n) is 12.6. The highest BCUT2D eigenvalue weighted by molar-refractivity contribution is 6.45. The zero-order valence-electron chi connectivity index (χ0n) is 22.8. The second-order valence-corrected chi connectivity index (χ2v) is 10.9. The minimum absolute atomic E-state index is 0.200. The van der Waals surface area contributed by atoms with Gasteiger partial charge in [-0.25, -0.2) is 4.39 Å². The summed E-state index contributed by atoms with van der Waals surface area (Å²) in [5.41, 5.74) is 0.711. The lowest BCUT2D eigenvalue weighted by Gasteiger charge is -2.49. The van der Waals surface area contributed by atoms with E-state index in [1.54, 1.807) is 53.9 Å². The van der Waals surface area contributed by atoms with Crippen molar-refractivity contribution in [2.24, 2.45) is 7.05 Å². The summed E-state index contributed by atoms with van der Waals surface area (Å²) in [5.74, 6) is -2.01. The molecule has 3 aromatic rings.